The minimum absolute atomic E-state index is 0.230. The number of ether oxygens (including phenoxy) is 2. The van der Waals surface area contributed by atoms with Crippen LogP contribution >= 0.6 is 23.4 Å². The lowest BCUT2D eigenvalue weighted by molar-refractivity contribution is -0.127. The van der Waals surface area contributed by atoms with Crippen LogP contribution < -0.4 is 14.8 Å². The van der Waals surface area contributed by atoms with Gasteiger partial charge in [0.2, 0.25) is 5.91 Å². The van der Waals surface area contributed by atoms with Crippen LogP contribution in [0.2, 0.25) is 5.02 Å². The molecule has 1 saturated heterocycles. The number of unbranched alkanes of at least 4 members (excludes halogenated alkanes) is 1. The Labute approximate surface area is 202 Å². The molecule has 1 aliphatic heterocycles. The van der Waals surface area contributed by atoms with Crippen molar-refractivity contribution in [1.82, 2.24) is 4.90 Å². The van der Waals surface area contributed by atoms with Crippen molar-refractivity contribution in [3.05, 3.63) is 57.5 Å². The molecular formula is C24H25ClN2O5S. The summed E-state index contributed by atoms with van der Waals surface area (Å²) in [5.74, 6) is 0.136. The molecule has 0 atom stereocenters. The van der Waals surface area contributed by atoms with Gasteiger partial charge in [0.15, 0.2) is 11.5 Å². The molecule has 0 saturated carbocycles. The Kier molecular flexibility index (Phi) is 8.41. The van der Waals surface area contributed by atoms with Gasteiger partial charge in [0.05, 0.1) is 18.6 Å². The first kappa shape index (κ1) is 24.7. The number of rotatable bonds is 9. The fraction of sp³-hybridized carbons (Fsp3) is 0.292. The molecule has 1 aliphatic rings. The van der Waals surface area contributed by atoms with E-state index >= 15 is 0 Å². The molecule has 2 aromatic rings. The minimum Gasteiger partial charge on any atom is -0.493 e. The third-order valence-electron chi connectivity index (χ3n) is 4.87. The third kappa shape index (κ3) is 6.30. The number of carbonyl (C=O) groups excluding carboxylic acids is 3. The molecular weight excluding hydrogens is 464 g/mol. The lowest BCUT2D eigenvalue weighted by atomic mass is 10.2. The second-order valence-electron chi connectivity index (χ2n) is 7.39. The van der Waals surface area contributed by atoms with E-state index in [0.29, 0.717) is 34.4 Å². The Bertz CT molecular complexity index is 1100. The summed E-state index contributed by atoms with van der Waals surface area (Å²) < 4.78 is 11.1. The van der Waals surface area contributed by atoms with Crippen LogP contribution in [0, 0.1) is 6.92 Å². The van der Waals surface area contributed by atoms with Gasteiger partial charge in [-0.2, -0.15) is 0 Å². The number of anilines is 1. The fourth-order valence-electron chi connectivity index (χ4n) is 3.02. The minimum atomic E-state index is -0.524. The van der Waals surface area contributed by atoms with Crippen molar-refractivity contribution < 1.29 is 23.9 Å². The van der Waals surface area contributed by atoms with E-state index in [-0.39, 0.29) is 11.4 Å². The predicted octanol–water partition coefficient (Wildman–Crippen LogP) is 5.51. The topological polar surface area (TPSA) is 84.9 Å². The van der Waals surface area contributed by atoms with Crippen molar-refractivity contribution in [1.29, 1.82) is 0 Å². The Morgan fingerprint density at radius 1 is 1.18 bits per heavy atom. The molecule has 1 fully saturated rings. The molecule has 0 bridgehead atoms. The van der Waals surface area contributed by atoms with Gasteiger partial charge in [0.25, 0.3) is 11.1 Å². The fourth-order valence-corrected chi connectivity index (χ4v) is 4.04. The van der Waals surface area contributed by atoms with Crippen molar-refractivity contribution in [2.24, 2.45) is 0 Å². The van der Waals surface area contributed by atoms with Gasteiger partial charge in [-0.25, -0.2) is 0 Å². The number of thioether (sulfide) groups is 1. The largest absolute Gasteiger partial charge is 0.493 e. The number of hydrogen-bond acceptors (Lipinski definition) is 6. The summed E-state index contributed by atoms with van der Waals surface area (Å²) in [6.45, 7) is 4.13. The van der Waals surface area contributed by atoms with Crippen LogP contribution in [0.4, 0.5) is 10.5 Å². The number of carbonyl (C=O) groups is 3. The highest BCUT2D eigenvalue weighted by Crippen LogP contribution is 2.34. The zero-order valence-electron chi connectivity index (χ0n) is 18.6. The quantitative estimate of drug-likeness (QED) is 0.370. The lowest BCUT2D eigenvalue weighted by Gasteiger charge is -2.13. The molecule has 33 heavy (non-hydrogen) atoms. The summed E-state index contributed by atoms with van der Waals surface area (Å²) in [6.07, 6.45) is 3.55. The predicted molar refractivity (Wildman–Crippen MR) is 131 cm³/mol. The highest BCUT2D eigenvalue weighted by Gasteiger charge is 2.36. The molecule has 0 aliphatic carbocycles. The summed E-state index contributed by atoms with van der Waals surface area (Å²) >= 11 is 6.86. The average molecular weight is 489 g/mol. The molecule has 3 rings (SSSR count). The van der Waals surface area contributed by atoms with E-state index in [9.17, 15) is 14.4 Å². The van der Waals surface area contributed by atoms with Gasteiger partial charge in [-0.15, -0.1) is 0 Å². The smallest absolute Gasteiger partial charge is 0.294 e. The number of nitrogens with one attached hydrogen (secondary N) is 1. The molecule has 0 radical (unpaired) electrons. The summed E-state index contributed by atoms with van der Waals surface area (Å²) in [5, 5.41) is 2.66. The van der Waals surface area contributed by atoms with Crippen molar-refractivity contribution in [3.8, 4) is 11.5 Å². The number of hydrogen-bond donors (Lipinski definition) is 1. The van der Waals surface area contributed by atoms with Crippen LogP contribution in [0.15, 0.2) is 41.3 Å². The summed E-state index contributed by atoms with van der Waals surface area (Å²) in [6, 6.07) is 10.4. The SMILES string of the molecule is CCCCOc1ccc(/C=C2\SC(=O)N(CC(=O)Nc3ccc(C)c(Cl)c3)C2=O)cc1OC. The van der Waals surface area contributed by atoms with Crippen molar-refractivity contribution >= 4 is 52.2 Å². The lowest BCUT2D eigenvalue weighted by Crippen LogP contribution is -2.36. The molecule has 174 valence electrons. The van der Waals surface area contributed by atoms with E-state index in [1.165, 1.54) is 0 Å². The van der Waals surface area contributed by atoms with Crippen LogP contribution in [0.1, 0.15) is 30.9 Å². The second kappa shape index (κ2) is 11.2. The highest BCUT2D eigenvalue weighted by atomic mass is 35.5. The maximum atomic E-state index is 12.8. The number of imide groups is 1. The molecule has 1 heterocycles. The monoisotopic (exact) mass is 488 g/mol. The van der Waals surface area contributed by atoms with Gasteiger partial charge < -0.3 is 14.8 Å². The van der Waals surface area contributed by atoms with Gasteiger partial charge >= 0.3 is 0 Å². The molecule has 0 unspecified atom stereocenters. The van der Waals surface area contributed by atoms with Crippen molar-refractivity contribution in [2.45, 2.75) is 26.7 Å². The van der Waals surface area contributed by atoms with Crippen molar-refractivity contribution in [3.63, 3.8) is 0 Å². The Hall–Kier alpha value is -2.97. The maximum absolute atomic E-state index is 12.8. The van der Waals surface area contributed by atoms with Gasteiger partial charge in [0.1, 0.15) is 6.54 Å². The van der Waals surface area contributed by atoms with Crippen LogP contribution in [0.25, 0.3) is 6.08 Å². The molecule has 0 aromatic heterocycles. The van der Waals surface area contributed by atoms with Gasteiger partial charge in [-0.05, 0) is 66.6 Å². The number of halogens is 1. The normalized spacial score (nSPS) is 14.7. The van der Waals surface area contributed by atoms with Crippen LogP contribution in [-0.2, 0) is 9.59 Å². The molecule has 2 aromatic carbocycles. The summed E-state index contributed by atoms with van der Waals surface area (Å²) in [4.78, 5) is 38.7. The molecule has 7 nitrogen and oxygen atoms in total. The zero-order valence-corrected chi connectivity index (χ0v) is 20.2. The molecule has 9 heteroatoms. The van der Waals surface area contributed by atoms with E-state index in [0.717, 1.165) is 35.1 Å². The van der Waals surface area contributed by atoms with Gasteiger partial charge in [-0.3, -0.25) is 19.3 Å². The first-order chi connectivity index (χ1) is 15.8. The number of aryl methyl sites for hydroxylation is 1. The van der Waals surface area contributed by atoms with Gasteiger partial charge in [-0.1, -0.05) is 37.1 Å². The zero-order chi connectivity index (χ0) is 24.0. The average Bonchev–Trinajstić information content (AvgIpc) is 3.04. The standard InChI is InChI=1S/C24H25ClN2O5S/c1-4-5-10-32-19-9-7-16(11-20(19)31-3)12-21-23(29)27(24(30)33-21)14-22(28)26-17-8-6-15(2)18(25)13-17/h6-9,11-13H,4-5,10,14H2,1-3H3,(H,26,28)/b21-12-. The van der Waals surface area contributed by atoms with E-state index in [2.05, 4.69) is 12.2 Å². The van der Waals surface area contributed by atoms with Gasteiger partial charge in [0, 0.05) is 10.7 Å². The Morgan fingerprint density at radius 2 is 1.97 bits per heavy atom. The number of benzene rings is 2. The maximum Gasteiger partial charge on any atom is 0.294 e. The summed E-state index contributed by atoms with van der Waals surface area (Å²) in [7, 11) is 1.54. The number of amides is 3. The number of methoxy groups -OCH3 is 1. The second-order valence-corrected chi connectivity index (χ2v) is 8.79. The van der Waals surface area contributed by atoms with Crippen LogP contribution in [0.3, 0.4) is 0 Å². The molecule has 3 amide bonds. The molecule has 0 spiro atoms. The number of nitrogens with zero attached hydrogens (tertiary/aromatic N) is 1. The first-order valence-electron chi connectivity index (χ1n) is 10.4. The third-order valence-corrected chi connectivity index (χ3v) is 6.19. The first-order valence-corrected chi connectivity index (χ1v) is 11.6. The van der Waals surface area contributed by atoms with E-state index in [4.69, 9.17) is 21.1 Å². The van der Waals surface area contributed by atoms with Crippen LogP contribution in [-0.4, -0.2) is 42.2 Å². The van der Waals surface area contributed by atoms with Crippen molar-refractivity contribution in [2.75, 3.05) is 25.6 Å². The highest BCUT2D eigenvalue weighted by molar-refractivity contribution is 8.18. The van der Waals surface area contributed by atoms with Crippen LogP contribution in [0.5, 0.6) is 11.5 Å². The Balaban J connectivity index is 1.68. The Morgan fingerprint density at radius 3 is 2.67 bits per heavy atom. The summed E-state index contributed by atoms with van der Waals surface area (Å²) in [5.41, 5.74) is 2.05. The van der Waals surface area contributed by atoms with E-state index in [1.807, 2.05) is 6.92 Å². The van der Waals surface area contributed by atoms with E-state index < -0.39 is 17.1 Å². The van der Waals surface area contributed by atoms with E-state index in [1.54, 1.807) is 49.6 Å². The molecule has 1 N–H and O–H groups in total.